The topological polar surface area (TPSA) is 161 Å². The van der Waals surface area contributed by atoms with E-state index in [0.717, 1.165) is 6.20 Å². The van der Waals surface area contributed by atoms with E-state index in [1.165, 1.54) is 26.0 Å². The third kappa shape index (κ3) is 9.26. The Morgan fingerprint density at radius 3 is 2.24 bits per heavy atom. The molecule has 0 unspecified atom stereocenters. The first-order chi connectivity index (χ1) is 19.6. The van der Waals surface area contributed by atoms with Crippen LogP contribution in [0.5, 0.6) is 5.75 Å². The molecule has 0 bridgehead atoms. The summed E-state index contributed by atoms with van der Waals surface area (Å²) in [5, 5.41) is 9.94. The van der Waals surface area contributed by atoms with E-state index >= 15 is 0 Å². The zero-order valence-corrected chi connectivity index (χ0v) is 24.4. The predicted octanol–water partition coefficient (Wildman–Crippen LogP) is 5.21. The lowest BCUT2D eigenvalue weighted by Gasteiger charge is -2.19. The van der Waals surface area contributed by atoms with Gasteiger partial charge < -0.3 is 30.7 Å². The normalized spacial score (nSPS) is 11.6. The molecule has 42 heavy (non-hydrogen) atoms. The van der Waals surface area contributed by atoms with Crippen LogP contribution in [0, 0.1) is 0 Å². The Labute approximate surface area is 242 Å². The molecule has 1 aromatic heterocycles. The number of sulfone groups is 1. The fourth-order valence-corrected chi connectivity index (χ4v) is 4.54. The summed E-state index contributed by atoms with van der Waals surface area (Å²) < 4.78 is 61.4. The number of hydrogen-bond donors (Lipinski definition) is 4. The zero-order chi connectivity index (χ0) is 31.1. The highest BCUT2D eigenvalue weighted by Crippen LogP contribution is 2.32. The molecule has 12 nitrogen and oxygen atoms in total. The SMILES string of the molecule is CC(C)S(=O)(=O)c1ccccc1Nc1nc(Nc2ccc(NC(=O)CNC(=O)OC(C)(C)C)cc2)ncc1OC(F)F. The molecule has 1 heterocycles. The van der Waals surface area contributed by atoms with Crippen molar-refractivity contribution in [1.82, 2.24) is 15.3 Å². The van der Waals surface area contributed by atoms with Gasteiger partial charge in [-0.2, -0.15) is 13.8 Å². The predicted molar refractivity (Wildman–Crippen MR) is 153 cm³/mol. The quantitative estimate of drug-likeness (QED) is 0.228. The molecule has 4 N–H and O–H groups in total. The van der Waals surface area contributed by atoms with Gasteiger partial charge in [0, 0.05) is 11.4 Å². The summed E-state index contributed by atoms with van der Waals surface area (Å²) in [5.41, 5.74) is 0.342. The van der Waals surface area contributed by atoms with Crippen LogP contribution in [0.1, 0.15) is 34.6 Å². The molecule has 3 aromatic rings. The van der Waals surface area contributed by atoms with E-state index in [-0.39, 0.29) is 28.9 Å². The fourth-order valence-electron chi connectivity index (χ4n) is 3.34. The molecule has 0 atom stereocenters. The standard InChI is InChI=1S/C27H32F2N6O6S/c1-16(2)42(38,39)21-9-7-6-8-19(21)34-23-20(40-24(28)29)14-30-25(35-23)33-18-12-10-17(11-13-18)32-22(36)15-31-26(37)41-27(3,4)5/h6-14,16,24H,15H2,1-5H3,(H,31,37)(H,32,36)(H2,30,33,34,35). The van der Waals surface area contributed by atoms with Crippen molar-refractivity contribution in [3.63, 3.8) is 0 Å². The molecule has 226 valence electrons. The molecule has 0 saturated heterocycles. The van der Waals surface area contributed by atoms with Gasteiger partial charge in [0.2, 0.25) is 11.9 Å². The number of halogens is 2. The Morgan fingerprint density at radius 2 is 1.62 bits per heavy atom. The van der Waals surface area contributed by atoms with Gasteiger partial charge in [0.15, 0.2) is 21.4 Å². The van der Waals surface area contributed by atoms with Crippen LogP contribution in [0.25, 0.3) is 0 Å². The molecule has 2 amide bonds. The van der Waals surface area contributed by atoms with Gasteiger partial charge >= 0.3 is 12.7 Å². The van der Waals surface area contributed by atoms with Crippen LogP contribution in [0.3, 0.4) is 0 Å². The van der Waals surface area contributed by atoms with Gasteiger partial charge in [0.1, 0.15) is 12.1 Å². The maximum absolute atomic E-state index is 13.1. The van der Waals surface area contributed by atoms with Gasteiger partial charge in [-0.1, -0.05) is 12.1 Å². The van der Waals surface area contributed by atoms with Crippen molar-refractivity contribution in [3.05, 3.63) is 54.7 Å². The smallest absolute Gasteiger partial charge is 0.408 e. The minimum atomic E-state index is -3.72. The molecule has 0 spiro atoms. The van der Waals surface area contributed by atoms with E-state index in [2.05, 4.69) is 36.0 Å². The Morgan fingerprint density at radius 1 is 0.976 bits per heavy atom. The average Bonchev–Trinajstić information content (AvgIpc) is 2.89. The lowest BCUT2D eigenvalue weighted by atomic mass is 10.2. The van der Waals surface area contributed by atoms with Crippen LogP contribution in [0.2, 0.25) is 0 Å². The molecule has 2 aromatic carbocycles. The number of nitrogens with zero attached hydrogens (tertiary/aromatic N) is 2. The number of anilines is 5. The number of carbonyl (C=O) groups is 2. The third-order valence-electron chi connectivity index (χ3n) is 5.26. The Kier molecular flexibility index (Phi) is 10.2. The second kappa shape index (κ2) is 13.4. The van der Waals surface area contributed by atoms with E-state index in [4.69, 9.17) is 4.74 Å². The van der Waals surface area contributed by atoms with Crippen LogP contribution in [0.4, 0.5) is 42.4 Å². The van der Waals surface area contributed by atoms with Crippen molar-refractivity contribution in [3.8, 4) is 5.75 Å². The van der Waals surface area contributed by atoms with Crippen LogP contribution in [0.15, 0.2) is 59.6 Å². The summed E-state index contributed by atoms with van der Waals surface area (Å²) in [7, 11) is -3.72. The van der Waals surface area contributed by atoms with Crippen LogP contribution in [-0.4, -0.2) is 54.4 Å². The number of aromatic nitrogens is 2. The highest BCUT2D eigenvalue weighted by atomic mass is 32.2. The number of rotatable bonds is 11. The lowest BCUT2D eigenvalue weighted by Crippen LogP contribution is -2.37. The molecule has 0 radical (unpaired) electrons. The molecule has 0 fully saturated rings. The van der Waals surface area contributed by atoms with Gasteiger partial charge in [-0.25, -0.2) is 18.2 Å². The minimum Gasteiger partial charge on any atom is -0.444 e. The Bertz CT molecular complexity index is 1510. The highest BCUT2D eigenvalue weighted by Gasteiger charge is 2.24. The molecular weight excluding hydrogens is 574 g/mol. The summed E-state index contributed by atoms with van der Waals surface area (Å²) in [6.07, 6.45) is 0.302. The molecule has 3 rings (SSSR count). The second-order valence-electron chi connectivity index (χ2n) is 10.1. The number of benzene rings is 2. The van der Waals surface area contributed by atoms with Gasteiger partial charge in [0.25, 0.3) is 0 Å². The molecule has 0 aliphatic heterocycles. The lowest BCUT2D eigenvalue weighted by molar-refractivity contribution is -0.115. The first kappa shape index (κ1) is 32.0. The number of hydrogen-bond acceptors (Lipinski definition) is 10. The summed E-state index contributed by atoms with van der Waals surface area (Å²) in [6.45, 7) is 4.70. The molecule has 0 aliphatic carbocycles. The summed E-state index contributed by atoms with van der Waals surface area (Å²) >= 11 is 0. The first-order valence-electron chi connectivity index (χ1n) is 12.7. The summed E-state index contributed by atoms with van der Waals surface area (Å²) in [6, 6.07) is 12.4. The van der Waals surface area contributed by atoms with Crippen molar-refractivity contribution in [2.24, 2.45) is 0 Å². The third-order valence-corrected chi connectivity index (χ3v) is 7.47. The van der Waals surface area contributed by atoms with E-state index in [1.54, 1.807) is 57.2 Å². The number of carbonyl (C=O) groups excluding carboxylic acids is 2. The van der Waals surface area contributed by atoms with Gasteiger partial charge in [-0.3, -0.25) is 4.79 Å². The number of nitrogens with one attached hydrogen (secondary N) is 4. The highest BCUT2D eigenvalue weighted by molar-refractivity contribution is 7.92. The molecule has 0 saturated carbocycles. The van der Waals surface area contributed by atoms with E-state index in [0.29, 0.717) is 11.4 Å². The van der Waals surface area contributed by atoms with Gasteiger partial charge in [-0.15, -0.1) is 0 Å². The van der Waals surface area contributed by atoms with Gasteiger partial charge in [-0.05, 0) is 71.0 Å². The van der Waals surface area contributed by atoms with Crippen molar-refractivity contribution in [1.29, 1.82) is 0 Å². The molecular formula is C27H32F2N6O6S. The minimum absolute atomic E-state index is 0.0124. The summed E-state index contributed by atoms with van der Waals surface area (Å²) in [5.74, 6) is -1.08. The van der Waals surface area contributed by atoms with E-state index < -0.39 is 45.0 Å². The van der Waals surface area contributed by atoms with Crippen molar-refractivity contribution < 1.29 is 36.3 Å². The van der Waals surface area contributed by atoms with Gasteiger partial charge in [0.05, 0.1) is 22.0 Å². The maximum atomic E-state index is 13.1. The van der Waals surface area contributed by atoms with Crippen LogP contribution >= 0.6 is 0 Å². The Hall–Kier alpha value is -4.53. The molecule has 15 heteroatoms. The first-order valence-corrected chi connectivity index (χ1v) is 14.2. The van der Waals surface area contributed by atoms with E-state index in [9.17, 15) is 26.8 Å². The molecule has 0 aliphatic rings. The largest absolute Gasteiger partial charge is 0.444 e. The number of alkyl carbamates (subject to hydrolysis) is 1. The van der Waals surface area contributed by atoms with Crippen molar-refractivity contribution in [2.75, 3.05) is 22.5 Å². The fraction of sp³-hybridized carbons (Fsp3) is 0.333. The number of amides is 2. The Balaban J connectivity index is 1.74. The number of para-hydroxylation sites is 1. The maximum Gasteiger partial charge on any atom is 0.408 e. The zero-order valence-electron chi connectivity index (χ0n) is 23.6. The second-order valence-corrected chi connectivity index (χ2v) is 12.6. The average molecular weight is 607 g/mol. The van der Waals surface area contributed by atoms with E-state index in [1.807, 2.05) is 0 Å². The van der Waals surface area contributed by atoms with Crippen LogP contribution in [-0.2, 0) is 19.4 Å². The number of alkyl halides is 2. The van der Waals surface area contributed by atoms with Crippen LogP contribution < -0.4 is 26.0 Å². The van der Waals surface area contributed by atoms with Crippen molar-refractivity contribution >= 4 is 50.7 Å². The summed E-state index contributed by atoms with van der Waals surface area (Å²) in [4.78, 5) is 32.0. The monoisotopic (exact) mass is 606 g/mol. The number of ether oxygens (including phenoxy) is 2. The van der Waals surface area contributed by atoms with Crippen molar-refractivity contribution in [2.45, 2.75) is 57.0 Å².